The topological polar surface area (TPSA) is 3.88 Å². The first-order chi connectivity index (χ1) is 4.34. The van der Waals surface area contributed by atoms with Gasteiger partial charge in [0.25, 0.3) is 0 Å². The Morgan fingerprint density at radius 2 is 2.22 bits per heavy atom. The van der Waals surface area contributed by atoms with Gasteiger partial charge in [0, 0.05) is 12.1 Å². The fourth-order valence-corrected chi connectivity index (χ4v) is 0.836. The van der Waals surface area contributed by atoms with E-state index in [4.69, 9.17) is 0 Å². The van der Waals surface area contributed by atoms with Crippen molar-refractivity contribution < 1.29 is 4.57 Å². The molecule has 1 aromatic rings. The molecule has 9 heavy (non-hydrogen) atoms. The van der Waals surface area contributed by atoms with Crippen molar-refractivity contribution in [3.8, 4) is 0 Å². The van der Waals surface area contributed by atoms with Crippen LogP contribution in [0.25, 0.3) is 0 Å². The molecule has 0 amide bonds. The van der Waals surface area contributed by atoms with Gasteiger partial charge in [-0.15, -0.1) is 0 Å². The van der Waals surface area contributed by atoms with Crippen LogP contribution in [-0.2, 0) is 7.05 Å². The number of hydrogen-bond donors (Lipinski definition) is 0. The summed E-state index contributed by atoms with van der Waals surface area (Å²) in [5.74, 6) is 0. The third-order valence-electron chi connectivity index (χ3n) is 1.39. The van der Waals surface area contributed by atoms with Crippen LogP contribution >= 0.6 is 0 Å². The van der Waals surface area contributed by atoms with Crippen LogP contribution in [0.15, 0.2) is 24.4 Å². The highest BCUT2D eigenvalue weighted by Crippen LogP contribution is 1.91. The van der Waals surface area contributed by atoms with Crippen molar-refractivity contribution >= 4 is 0 Å². The molecular formula is C8H11N+. The van der Waals surface area contributed by atoms with Crippen LogP contribution in [0, 0.1) is 6.42 Å². The van der Waals surface area contributed by atoms with E-state index < -0.39 is 0 Å². The number of nitrogens with zero attached hydrogens (tertiary/aromatic N) is 1. The maximum Gasteiger partial charge on any atom is 0.184 e. The van der Waals surface area contributed by atoms with Gasteiger partial charge in [-0.3, -0.25) is 0 Å². The standard InChI is InChI=1S/C8H11N/c1-3-8-6-4-5-7-9(8)2/h3-7H,1-2H3/q+1. The molecule has 47 valence electrons. The van der Waals surface area contributed by atoms with Crippen LogP contribution in [0.3, 0.4) is 0 Å². The Balaban J connectivity index is 3.01. The maximum absolute atomic E-state index is 2.08. The highest BCUT2D eigenvalue weighted by molar-refractivity contribution is 5.04. The third-order valence-corrected chi connectivity index (χ3v) is 1.39. The second-order valence-electron chi connectivity index (χ2n) is 2.03. The lowest BCUT2D eigenvalue weighted by molar-refractivity contribution is -0.676. The van der Waals surface area contributed by atoms with Crippen molar-refractivity contribution in [2.24, 2.45) is 7.05 Å². The summed E-state index contributed by atoms with van der Waals surface area (Å²) in [6.07, 6.45) is 4.12. The second kappa shape index (κ2) is 2.62. The SMILES string of the molecule is C[CH]c1cccc[n+]1C. The predicted molar refractivity (Wildman–Crippen MR) is 36.7 cm³/mol. The molecule has 1 aromatic heterocycles. The Bertz CT molecular complexity index is 194. The number of rotatable bonds is 1. The van der Waals surface area contributed by atoms with Crippen LogP contribution in [0.5, 0.6) is 0 Å². The van der Waals surface area contributed by atoms with Gasteiger partial charge in [0.2, 0.25) is 0 Å². The Kier molecular flexibility index (Phi) is 1.83. The van der Waals surface area contributed by atoms with Gasteiger partial charge in [0.15, 0.2) is 11.9 Å². The molecule has 0 aromatic carbocycles. The van der Waals surface area contributed by atoms with E-state index >= 15 is 0 Å². The molecule has 0 aliphatic heterocycles. The van der Waals surface area contributed by atoms with E-state index in [1.165, 1.54) is 5.69 Å². The second-order valence-corrected chi connectivity index (χ2v) is 2.03. The monoisotopic (exact) mass is 121 g/mol. The summed E-state index contributed by atoms with van der Waals surface area (Å²) in [5, 5.41) is 0. The van der Waals surface area contributed by atoms with Crippen LogP contribution in [0.2, 0.25) is 0 Å². The van der Waals surface area contributed by atoms with E-state index in [2.05, 4.69) is 17.1 Å². The van der Waals surface area contributed by atoms with E-state index in [1.807, 2.05) is 32.3 Å². The minimum absolute atomic E-state index is 1.25. The molecule has 0 fully saturated rings. The highest BCUT2D eigenvalue weighted by atomic mass is 14.9. The Labute approximate surface area is 56.0 Å². The van der Waals surface area contributed by atoms with Crippen molar-refractivity contribution in [1.29, 1.82) is 0 Å². The van der Waals surface area contributed by atoms with Gasteiger partial charge in [0.05, 0.1) is 6.42 Å². The molecule has 0 aliphatic rings. The van der Waals surface area contributed by atoms with E-state index in [0.717, 1.165) is 0 Å². The average Bonchev–Trinajstić information content (AvgIpc) is 1.89. The highest BCUT2D eigenvalue weighted by Gasteiger charge is 1.98. The molecule has 0 aliphatic carbocycles. The fraction of sp³-hybridized carbons (Fsp3) is 0.250. The Morgan fingerprint density at radius 3 is 2.67 bits per heavy atom. The number of aromatic nitrogens is 1. The fourth-order valence-electron chi connectivity index (χ4n) is 0.836. The van der Waals surface area contributed by atoms with Crippen LogP contribution in [-0.4, -0.2) is 0 Å². The van der Waals surface area contributed by atoms with Crippen LogP contribution in [0.4, 0.5) is 0 Å². The minimum Gasteiger partial charge on any atom is -0.205 e. The van der Waals surface area contributed by atoms with Gasteiger partial charge in [-0.2, -0.15) is 0 Å². The predicted octanol–water partition coefficient (Wildman–Crippen LogP) is 1.08. The first-order valence-electron chi connectivity index (χ1n) is 3.08. The molecule has 1 nitrogen and oxygen atoms in total. The molecule has 1 heteroatoms. The van der Waals surface area contributed by atoms with Gasteiger partial charge >= 0.3 is 0 Å². The molecule has 1 rings (SSSR count). The van der Waals surface area contributed by atoms with Gasteiger partial charge in [-0.1, -0.05) is 13.0 Å². The molecule has 0 unspecified atom stereocenters. The van der Waals surface area contributed by atoms with Gasteiger partial charge < -0.3 is 0 Å². The molecular weight excluding hydrogens is 110 g/mol. The van der Waals surface area contributed by atoms with Crippen molar-refractivity contribution in [1.82, 2.24) is 0 Å². The van der Waals surface area contributed by atoms with Crippen molar-refractivity contribution in [3.05, 3.63) is 36.5 Å². The molecule has 0 bridgehead atoms. The molecule has 0 saturated carbocycles. The molecule has 0 N–H and O–H groups in total. The van der Waals surface area contributed by atoms with Crippen LogP contribution < -0.4 is 4.57 Å². The lowest BCUT2D eigenvalue weighted by Gasteiger charge is -1.91. The lowest BCUT2D eigenvalue weighted by atomic mass is 10.3. The van der Waals surface area contributed by atoms with E-state index in [9.17, 15) is 0 Å². The lowest BCUT2D eigenvalue weighted by Crippen LogP contribution is -2.31. The zero-order valence-electron chi connectivity index (χ0n) is 5.83. The van der Waals surface area contributed by atoms with Crippen LogP contribution in [0.1, 0.15) is 12.6 Å². The Hall–Kier alpha value is -0.850. The van der Waals surface area contributed by atoms with E-state index in [1.54, 1.807) is 0 Å². The minimum atomic E-state index is 1.25. The third kappa shape index (κ3) is 1.28. The summed E-state index contributed by atoms with van der Waals surface area (Å²) in [6.45, 7) is 2.04. The molecule has 1 heterocycles. The Morgan fingerprint density at radius 1 is 1.44 bits per heavy atom. The van der Waals surface area contributed by atoms with E-state index in [-0.39, 0.29) is 0 Å². The van der Waals surface area contributed by atoms with Crippen molar-refractivity contribution in [2.45, 2.75) is 6.92 Å². The first-order valence-corrected chi connectivity index (χ1v) is 3.08. The summed E-state index contributed by atoms with van der Waals surface area (Å²) >= 11 is 0. The zero-order chi connectivity index (χ0) is 6.69. The first kappa shape index (κ1) is 6.27. The number of aryl methyl sites for hydroxylation is 1. The molecule has 0 saturated heterocycles. The zero-order valence-corrected chi connectivity index (χ0v) is 5.83. The average molecular weight is 121 g/mol. The summed E-state index contributed by atoms with van der Waals surface area (Å²) in [6, 6.07) is 6.14. The quantitative estimate of drug-likeness (QED) is 0.489. The van der Waals surface area contributed by atoms with E-state index in [0.29, 0.717) is 0 Å². The summed E-state index contributed by atoms with van der Waals surface area (Å²) < 4.78 is 2.08. The number of pyridine rings is 1. The summed E-state index contributed by atoms with van der Waals surface area (Å²) in [4.78, 5) is 0. The van der Waals surface area contributed by atoms with Gasteiger partial charge in [0.1, 0.15) is 7.05 Å². The normalized spacial score (nSPS) is 9.56. The largest absolute Gasteiger partial charge is 0.205 e. The molecule has 0 spiro atoms. The van der Waals surface area contributed by atoms with Crippen molar-refractivity contribution in [2.75, 3.05) is 0 Å². The van der Waals surface area contributed by atoms with Crippen molar-refractivity contribution in [3.63, 3.8) is 0 Å². The molecule has 0 atom stereocenters. The van der Waals surface area contributed by atoms with Gasteiger partial charge in [-0.05, 0) is 0 Å². The maximum atomic E-state index is 2.08. The summed E-state index contributed by atoms with van der Waals surface area (Å²) in [7, 11) is 2.04. The smallest absolute Gasteiger partial charge is 0.184 e. The number of hydrogen-bond acceptors (Lipinski definition) is 0. The van der Waals surface area contributed by atoms with Gasteiger partial charge in [-0.25, -0.2) is 4.57 Å². The summed E-state index contributed by atoms with van der Waals surface area (Å²) in [5.41, 5.74) is 1.25. The molecule has 1 radical (unpaired) electrons.